The zero-order valence-corrected chi connectivity index (χ0v) is 13.5. The molecule has 0 aromatic rings. The van der Waals surface area contributed by atoms with Crippen LogP contribution in [0.25, 0.3) is 0 Å². The lowest BCUT2D eigenvalue weighted by Gasteiger charge is -2.27. The normalized spacial score (nSPS) is 14.1. The van der Waals surface area contributed by atoms with E-state index in [1.54, 1.807) is 0 Å². The van der Waals surface area contributed by atoms with Gasteiger partial charge in [0.2, 0.25) is 0 Å². The standard InChI is InChI=1S/C17H34O/c1-15(10-14-18)9-7-12-17(5,6)13-8-11-16(2,3)4/h10,18H,7-9,11-14H2,1-6H3. The van der Waals surface area contributed by atoms with Crippen LogP contribution in [-0.2, 0) is 0 Å². The van der Waals surface area contributed by atoms with Gasteiger partial charge in [0.05, 0.1) is 6.61 Å². The van der Waals surface area contributed by atoms with Crippen molar-refractivity contribution in [1.29, 1.82) is 0 Å². The topological polar surface area (TPSA) is 20.2 Å². The van der Waals surface area contributed by atoms with Crippen LogP contribution in [0.3, 0.4) is 0 Å². The van der Waals surface area contributed by atoms with Gasteiger partial charge in [0.25, 0.3) is 0 Å². The Morgan fingerprint density at radius 1 is 0.944 bits per heavy atom. The van der Waals surface area contributed by atoms with Gasteiger partial charge < -0.3 is 5.11 Å². The lowest BCUT2D eigenvalue weighted by molar-refractivity contribution is 0.260. The van der Waals surface area contributed by atoms with Gasteiger partial charge in [-0.05, 0) is 49.9 Å². The van der Waals surface area contributed by atoms with Crippen LogP contribution in [0.5, 0.6) is 0 Å². The van der Waals surface area contributed by atoms with Gasteiger partial charge in [-0.3, -0.25) is 0 Å². The van der Waals surface area contributed by atoms with E-state index >= 15 is 0 Å². The molecule has 1 nitrogen and oxygen atoms in total. The molecule has 0 aromatic carbocycles. The smallest absolute Gasteiger partial charge is 0.0614 e. The first kappa shape index (κ1) is 17.7. The van der Waals surface area contributed by atoms with E-state index in [4.69, 9.17) is 5.11 Å². The molecule has 1 heteroatoms. The Morgan fingerprint density at radius 2 is 1.50 bits per heavy atom. The second-order valence-electron chi connectivity index (χ2n) is 7.67. The van der Waals surface area contributed by atoms with E-state index < -0.39 is 0 Å². The highest BCUT2D eigenvalue weighted by Gasteiger charge is 2.18. The molecular weight excluding hydrogens is 220 g/mol. The Bertz CT molecular complexity index is 243. The van der Waals surface area contributed by atoms with Crippen molar-refractivity contribution in [2.24, 2.45) is 10.8 Å². The quantitative estimate of drug-likeness (QED) is 0.580. The molecule has 0 aliphatic rings. The van der Waals surface area contributed by atoms with Crippen LogP contribution in [0.4, 0.5) is 0 Å². The summed E-state index contributed by atoms with van der Waals surface area (Å²) in [5, 5.41) is 8.81. The van der Waals surface area contributed by atoms with Gasteiger partial charge in [-0.25, -0.2) is 0 Å². The van der Waals surface area contributed by atoms with Gasteiger partial charge in [-0.1, -0.05) is 52.7 Å². The molecule has 0 aliphatic carbocycles. The second-order valence-corrected chi connectivity index (χ2v) is 7.67. The summed E-state index contributed by atoms with van der Waals surface area (Å²) in [7, 11) is 0. The fourth-order valence-electron chi connectivity index (χ4n) is 2.33. The molecule has 0 unspecified atom stereocenters. The number of aliphatic hydroxyl groups excluding tert-OH is 1. The van der Waals surface area contributed by atoms with E-state index in [0.29, 0.717) is 10.8 Å². The molecule has 1 N–H and O–H groups in total. The molecule has 0 aromatic heterocycles. The Hall–Kier alpha value is -0.300. The van der Waals surface area contributed by atoms with E-state index in [2.05, 4.69) is 41.5 Å². The number of hydrogen-bond acceptors (Lipinski definition) is 1. The minimum absolute atomic E-state index is 0.181. The van der Waals surface area contributed by atoms with E-state index in [-0.39, 0.29) is 6.61 Å². The van der Waals surface area contributed by atoms with Crippen molar-refractivity contribution in [3.8, 4) is 0 Å². The third kappa shape index (κ3) is 10.8. The van der Waals surface area contributed by atoms with Crippen LogP contribution in [0.15, 0.2) is 11.6 Å². The molecular formula is C17H34O. The van der Waals surface area contributed by atoms with Crippen molar-refractivity contribution in [3.05, 3.63) is 11.6 Å². The second kappa shape index (κ2) is 7.99. The van der Waals surface area contributed by atoms with Gasteiger partial charge in [0.1, 0.15) is 0 Å². The number of allylic oxidation sites excluding steroid dienone is 1. The van der Waals surface area contributed by atoms with Gasteiger partial charge in [0, 0.05) is 0 Å². The Balaban J connectivity index is 3.83. The van der Waals surface area contributed by atoms with E-state index in [0.717, 1.165) is 6.42 Å². The van der Waals surface area contributed by atoms with Gasteiger partial charge in [-0.15, -0.1) is 0 Å². The molecule has 0 radical (unpaired) electrons. The Morgan fingerprint density at radius 3 is 2.00 bits per heavy atom. The summed E-state index contributed by atoms with van der Waals surface area (Å²) in [6.07, 6.45) is 9.56. The van der Waals surface area contributed by atoms with Crippen LogP contribution in [0.1, 0.15) is 80.1 Å². The average molecular weight is 254 g/mol. The predicted molar refractivity (Wildman–Crippen MR) is 81.8 cm³/mol. The summed E-state index contributed by atoms with van der Waals surface area (Å²) in [6, 6.07) is 0. The Kier molecular flexibility index (Phi) is 7.86. The van der Waals surface area contributed by atoms with Gasteiger partial charge in [-0.2, -0.15) is 0 Å². The van der Waals surface area contributed by atoms with Crippen LogP contribution in [-0.4, -0.2) is 11.7 Å². The average Bonchev–Trinajstić information content (AvgIpc) is 2.14. The van der Waals surface area contributed by atoms with Crippen LogP contribution < -0.4 is 0 Å². The Labute approximate surface area is 115 Å². The van der Waals surface area contributed by atoms with Crippen molar-refractivity contribution in [3.63, 3.8) is 0 Å². The summed E-state index contributed by atoms with van der Waals surface area (Å²) < 4.78 is 0. The highest BCUT2D eigenvalue weighted by molar-refractivity contribution is 4.97. The highest BCUT2D eigenvalue weighted by atomic mass is 16.2. The molecule has 0 fully saturated rings. The van der Waals surface area contributed by atoms with Crippen LogP contribution in [0.2, 0.25) is 0 Å². The first-order valence-electron chi connectivity index (χ1n) is 7.43. The molecule has 0 heterocycles. The fourth-order valence-corrected chi connectivity index (χ4v) is 2.33. The summed E-state index contributed by atoms with van der Waals surface area (Å²) in [4.78, 5) is 0. The molecule has 0 spiro atoms. The summed E-state index contributed by atoms with van der Waals surface area (Å²) in [5.74, 6) is 0. The van der Waals surface area contributed by atoms with Crippen molar-refractivity contribution >= 4 is 0 Å². The third-order valence-electron chi connectivity index (χ3n) is 3.64. The molecule has 18 heavy (non-hydrogen) atoms. The first-order chi connectivity index (χ1) is 8.16. The van der Waals surface area contributed by atoms with Crippen LogP contribution in [0, 0.1) is 10.8 Å². The number of rotatable bonds is 8. The monoisotopic (exact) mass is 254 g/mol. The lowest BCUT2D eigenvalue weighted by Crippen LogP contribution is -2.13. The zero-order valence-electron chi connectivity index (χ0n) is 13.5. The molecule has 0 aliphatic heterocycles. The number of aliphatic hydroxyl groups is 1. The van der Waals surface area contributed by atoms with E-state index in [1.165, 1.54) is 37.7 Å². The molecule has 0 rings (SSSR count). The zero-order chi connectivity index (χ0) is 14.2. The largest absolute Gasteiger partial charge is 0.392 e. The highest BCUT2D eigenvalue weighted by Crippen LogP contribution is 2.32. The maximum absolute atomic E-state index is 8.81. The van der Waals surface area contributed by atoms with E-state index in [1.807, 2.05) is 6.08 Å². The first-order valence-corrected chi connectivity index (χ1v) is 7.43. The van der Waals surface area contributed by atoms with E-state index in [9.17, 15) is 0 Å². The minimum Gasteiger partial charge on any atom is -0.392 e. The van der Waals surface area contributed by atoms with Crippen molar-refractivity contribution in [2.75, 3.05) is 6.61 Å². The SMILES string of the molecule is CC(=CCO)CCCC(C)(C)CCCC(C)(C)C. The summed E-state index contributed by atoms with van der Waals surface area (Å²) >= 11 is 0. The predicted octanol–water partition coefficient (Wildman–Crippen LogP) is 5.34. The maximum Gasteiger partial charge on any atom is 0.0614 e. The summed E-state index contributed by atoms with van der Waals surface area (Å²) in [5.41, 5.74) is 2.25. The van der Waals surface area contributed by atoms with Gasteiger partial charge in [0.15, 0.2) is 0 Å². The molecule has 0 saturated heterocycles. The molecule has 108 valence electrons. The molecule has 0 amide bonds. The van der Waals surface area contributed by atoms with Crippen molar-refractivity contribution in [2.45, 2.75) is 80.1 Å². The lowest BCUT2D eigenvalue weighted by atomic mass is 9.79. The maximum atomic E-state index is 8.81. The van der Waals surface area contributed by atoms with Crippen molar-refractivity contribution < 1.29 is 5.11 Å². The van der Waals surface area contributed by atoms with Crippen LogP contribution >= 0.6 is 0 Å². The van der Waals surface area contributed by atoms with Gasteiger partial charge >= 0.3 is 0 Å². The summed E-state index contributed by atoms with van der Waals surface area (Å²) in [6.45, 7) is 14.0. The van der Waals surface area contributed by atoms with Crippen molar-refractivity contribution in [1.82, 2.24) is 0 Å². The minimum atomic E-state index is 0.181. The fraction of sp³-hybridized carbons (Fsp3) is 0.882. The molecule has 0 atom stereocenters. The number of hydrogen-bond donors (Lipinski definition) is 1. The third-order valence-corrected chi connectivity index (χ3v) is 3.64. The molecule has 0 saturated carbocycles. The molecule has 0 bridgehead atoms.